The van der Waals surface area contributed by atoms with Gasteiger partial charge in [-0.1, -0.05) is 19.1 Å². The van der Waals surface area contributed by atoms with Gasteiger partial charge in [-0.25, -0.2) is 9.78 Å². The summed E-state index contributed by atoms with van der Waals surface area (Å²) < 4.78 is 1.06. The fourth-order valence-corrected chi connectivity index (χ4v) is 4.69. The molecule has 1 saturated heterocycles. The van der Waals surface area contributed by atoms with Crippen LogP contribution < -0.4 is 10.6 Å². The van der Waals surface area contributed by atoms with Gasteiger partial charge in [-0.05, 0) is 43.7 Å². The van der Waals surface area contributed by atoms with E-state index in [-0.39, 0.29) is 24.9 Å². The lowest BCUT2D eigenvalue weighted by Crippen LogP contribution is -2.49. The van der Waals surface area contributed by atoms with Crippen LogP contribution in [0.15, 0.2) is 24.3 Å². The predicted octanol–water partition coefficient (Wildman–Crippen LogP) is 2.41. The van der Waals surface area contributed by atoms with Crippen LogP contribution in [-0.2, 0) is 16.1 Å². The van der Waals surface area contributed by atoms with Gasteiger partial charge in [-0.3, -0.25) is 14.5 Å². The average Bonchev–Trinajstić information content (AvgIpc) is 3.17. The molecule has 8 heteroatoms. The molecule has 2 aliphatic rings. The van der Waals surface area contributed by atoms with Crippen molar-refractivity contribution < 1.29 is 14.4 Å². The standard InChI is InChI=1S/C19H22N4O3S/c1-12-6-8-19(9-7-12)17(25)23(18(26)22-19)11-15(24)20-10-16-21-13-4-2-3-5-14(13)27-16/h2-5,12H,6-11H2,1H3,(H,20,24)(H,22,26). The molecule has 7 nitrogen and oxygen atoms in total. The fraction of sp³-hybridized carbons (Fsp3) is 0.474. The number of rotatable bonds is 4. The normalized spacial score (nSPS) is 25.2. The molecule has 0 atom stereocenters. The molecule has 0 bridgehead atoms. The first-order chi connectivity index (χ1) is 13.0. The van der Waals surface area contributed by atoms with Gasteiger partial charge in [-0.2, -0.15) is 0 Å². The number of aromatic nitrogens is 1. The molecule has 1 spiro atoms. The third-order valence-electron chi connectivity index (χ3n) is 5.45. The number of nitrogens with one attached hydrogen (secondary N) is 2. The van der Waals surface area contributed by atoms with E-state index in [1.807, 2.05) is 24.3 Å². The summed E-state index contributed by atoms with van der Waals surface area (Å²) in [6, 6.07) is 7.31. The van der Waals surface area contributed by atoms with Crippen LogP contribution in [-0.4, -0.2) is 39.8 Å². The number of amides is 4. The summed E-state index contributed by atoms with van der Waals surface area (Å²) in [5.41, 5.74) is 0.0889. The smallest absolute Gasteiger partial charge is 0.325 e. The molecule has 0 radical (unpaired) electrons. The van der Waals surface area contributed by atoms with Crippen molar-refractivity contribution in [2.45, 2.75) is 44.7 Å². The zero-order chi connectivity index (χ0) is 19.0. The Morgan fingerprint density at radius 2 is 2.07 bits per heavy atom. The molecule has 0 unspecified atom stereocenters. The van der Waals surface area contributed by atoms with Crippen LogP contribution in [0.2, 0.25) is 0 Å². The second-order valence-corrected chi connectivity index (χ2v) is 8.55. The van der Waals surface area contributed by atoms with E-state index in [1.165, 1.54) is 11.3 Å². The van der Waals surface area contributed by atoms with Crippen molar-refractivity contribution in [3.63, 3.8) is 0 Å². The van der Waals surface area contributed by atoms with Crippen molar-refractivity contribution in [3.05, 3.63) is 29.3 Å². The Balaban J connectivity index is 1.36. The minimum absolute atomic E-state index is 0.257. The van der Waals surface area contributed by atoms with Gasteiger partial charge in [0.05, 0.1) is 16.8 Å². The molecule has 1 aliphatic carbocycles. The minimum Gasteiger partial charge on any atom is -0.348 e. The van der Waals surface area contributed by atoms with Gasteiger partial charge in [0.25, 0.3) is 5.91 Å². The first kappa shape index (κ1) is 17.9. The van der Waals surface area contributed by atoms with E-state index >= 15 is 0 Å². The molecule has 4 rings (SSSR count). The van der Waals surface area contributed by atoms with Crippen molar-refractivity contribution in [2.24, 2.45) is 5.92 Å². The van der Waals surface area contributed by atoms with Gasteiger partial charge in [-0.15, -0.1) is 11.3 Å². The molecule has 2 N–H and O–H groups in total. The lowest BCUT2D eigenvalue weighted by atomic mass is 9.77. The lowest BCUT2D eigenvalue weighted by Gasteiger charge is -2.33. The van der Waals surface area contributed by atoms with Gasteiger partial charge < -0.3 is 10.6 Å². The summed E-state index contributed by atoms with van der Waals surface area (Å²) >= 11 is 1.52. The molecule has 142 valence electrons. The monoisotopic (exact) mass is 386 g/mol. The van der Waals surface area contributed by atoms with Crippen LogP contribution in [0.4, 0.5) is 4.79 Å². The van der Waals surface area contributed by atoms with E-state index in [9.17, 15) is 14.4 Å². The maximum absolute atomic E-state index is 12.8. The second kappa shape index (κ2) is 6.92. The maximum Gasteiger partial charge on any atom is 0.325 e. The van der Waals surface area contributed by atoms with Crippen LogP contribution in [0.1, 0.15) is 37.6 Å². The number of nitrogens with zero attached hydrogens (tertiary/aromatic N) is 2. The topological polar surface area (TPSA) is 91.4 Å². The summed E-state index contributed by atoms with van der Waals surface area (Å²) in [4.78, 5) is 42.9. The third kappa shape index (κ3) is 3.41. The molecular formula is C19H22N4O3S. The number of thiazole rings is 1. The number of fused-ring (bicyclic) bond motifs is 1. The summed E-state index contributed by atoms with van der Waals surface area (Å²) in [6.45, 7) is 2.18. The van der Waals surface area contributed by atoms with Crippen LogP contribution >= 0.6 is 11.3 Å². The molecular weight excluding hydrogens is 364 g/mol. The van der Waals surface area contributed by atoms with E-state index < -0.39 is 11.6 Å². The highest BCUT2D eigenvalue weighted by molar-refractivity contribution is 7.18. The van der Waals surface area contributed by atoms with Gasteiger partial charge in [0.2, 0.25) is 5.91 Å². The second-order valence-electron chi connectivity index (χ2n) is 7.44. The van der Waals surface area contributed by atoms with Crippen LogP contribution in [0.25, 0.3) is 10.2 Å². The first-order valence-electron chi connectivity index (χ1n) is 9.22. The van der Waals surface area contributed by atoms with Crippen molar-refractivity contribution in [2.75, 3.05) is 6.54 Å². The van der Waals surface area contributed by atoms with Crippen molar-refractivity contribution in [1.29, 1.82) is 0 Å². The summed E-state index contributed by atoms with van der Waals surface area (Å²) in [6.07, 6.45) is 3.10. The van der Waals surface area contributed by atoms with Gasteiger partial charge in [0, 0.05) is 0 Å². The number of carbonyl (C=O) groups is 3. The molecule has 2 aromatic rings. The summed E-state index contributed by atoms with van der Waals surface area (Å²) in [5.74, 6) is -0.0694. The van der Waals surface area contributed by atoms with Crippen LogP contribution in [0, 0.1) is 5.92 Å². The molecule has 1 aromatic heterocycles. The van der Waals surface area contributed by atoms with Gasteiger partial charge in [0.1, 0.15) is 17.1 Å². The minimum atomic E-state index is -0.809. The number of hydrogen-bond acceptors (Lipinski definition) is 5. The highest BCUT2D eigenvalue weighted by atomic mass is 32.1. The molecule has 1 saturated carbocycles. The Labute approximate surface area is 161 Å². The van der Waals surface area contributed by atoms with Gasteiger partial charge in [0.15, 0.2) is 0 Å². The quantitative estimate of drug-likeness (QED) is 0.790. The lowest BCUT2D eigenvalue weighted by molar-refractivity contribution is -0.136. The zero-order valence-corrected chi connectivity index (χ0v) is 16.0. The number of benzene rings is 1. The Bertz CT molecular complexity index is 868. The summed E-state index contributed by atoms with van der Waals surface area (Å²) in [5, 5.41) is 6.39. The maximum atomic E-state index is 12.8. The summed E-state index contributed by atoms with van der Waals surface area (Å²) in [7, 11) is 0. The Hall–Kier alpha value is -2.48. The Morgan fingerprint density at radius 3 is 2.81 bits per heavy atom. The van der Waals surface area contributed by atoms with Crippen molar-refractivity contribution >= 4 is 39.4 Å². The fourth-order valence-electron chi connectivity index (χ4n) is 3.78. The molecule has 1 aromatic carbocycles. The Kier molecular flexibility index (Phi) is 4.59. The van der Waals surface area contributed by atoms with E-state index in [0.717, 1.165) is 33.0 Å². The van der Waals surface area contributed by atoms with E-state index in [1.54, 1.807) is 0 Å². The number of imide groups is 1. The third-order valence-corrected chi connectivity index (χ3v) is 6.49. The highest BCUT2D eigenvalue weighted by Gasteiger charge is 2.52. The predicted molar refractivity (Wildman–Crippen MR) is 102 cm³/mol. The van der Waals surface area contributed by atoms with Crippen LogP contribution in [0.3, 0.4) is 0 Å². The SMILES string of the molecule is CC1CCC2(CC1)NC(=O)N(CC(=O)NCc1nc3ccccc3s1)C2=O. The van der Waals surface area contributed by atoms with E-state index in [2.05, 4.69) is 22.5 Å². The number of urea groups is 1. The molecule has 27 heavy (non-hydrogen) atoms. The van der Waals surface area contributed by atoms with Crippen molar-refractivity contribution in [1.82, 2.24) is 20.5 Å². The molecule has 2 fully saturated rings. The average molecular weight is 386 g/mol. The first-order valence-corrected chi connectivity index (χ1v) is 10.0. The van der Waals surface area contributed by atoms with E-state index in [4.69, 9.17) is 0 Å². The molecule has 2 heterocycles. The number of carbonyl (C=O) groups excluding carboxylic acids is 3. The molecule has 4 amide bonds. The largest absolute Gasteiger partial charge is 0.348 e. The molecule has 1 aliphatic heterocycles. The van der Waals surface area contributed by atoms with Crippen LogP contribution in [0.5, 0.6) is 0 Å². The Morgan fingerprint density at radius 1 is 1.33 bits per heavy atom. The number of hydrogen-bond donors (Lipinski definition) is 2. The highest BCUT2D eigenvalue weighted by Crippen LogP contribution is 2.36. The van der Waals surface area contributed by atoms with E-state index in [0.29, 0.717) is 18.8 Å². The number of para-hydroxylation sites is 1. The van der Waals surface area contributed by atoms with Gasteiger partial charge >= 0.3 is 6.03 Å². The zero-order valence-electron chi connectivity index (χ0n) is 15.2. The van der Waals surface area contributed by atoms with Crippen molar-refractivity contribution in [3.8, 4) is 0 Å².